The number of benzene rings is 8. The Labute approximate surface area is 514 Å². The lowest BCUT2D eigenvalue weighted by Gasteiger charge is -2.07. The molecule has 0 bridgehead atoms. The highest BCUT2D eigenvalue weighted by Gasteiger charge is 2.17. The second-order valence-electron chi connectivity index (χ2n) is 20.1. The number of hydrogen-bond donors (Lipinski definition) is 5. The van der Waals surface area contributed by atoms with Gasteiger partial charge in [-0.05, 0) is 107 Å². The largest absolute Gasteiger partial charge is 0.360 e. The molecule has 432 valence electrons. The van der Waals surface area contributed by atoms with Crippen LogP contribution in [0.3, 0.4) is 0 Å². The summed E-state index contributed by atoms with van der Waals surface area (Å²) in [4.78, 5) is 42.8. The first-order chi connectivity index (χ1) is 43.0. The number of para-hydroxylation sites is 5. The highest BCUT2D eigenvalue weighted by atomic mass is 79.9. The van der Waals surface area contributed by atoms with Crippen molar-refractivity contribution in [3.05, 3.63) is 263 Å². The number of nitrogens with one attached hydrogen (secondary N) is 5. The third-order valence-electron chi connectivity index (χ3n) is 14.9. The molecule has 8 aromatic heterocycles. The summed E-state index contributed by atoms with van der Waals surface area (Å²) >= 11 is 9.74. The van der Waals surface area contributed by atoms with Gasteiger partial charge in [0.15, 0.2) is 0 Å². The number of aromatic amines is 4. The van der Waals surface area contributed by atoms with Crippen molar-refractivity contribution in [2.24, 2.45) is 0 Å². The van der Waals surface area contributed by atoms with Crippen LogP contribution in [0.1, 0.15) is 24.2 Å². The molecule has 8 aromatic carbocycles. The van der Waals surface area contributed by atoms with Crippen LogP contribution < -0.4 is 5.32 Å². The maximum absolute atomic E-state index is 13.9. The van der Waals surface area contributed by atoms with Gasteiger partial charge in [-0.15, -0.1) is 0 Å². The molecule has 0 radical (unpaired) electrons. The SMILES string of the molecule is Brc1cccc2c(-c3ccc4ccccc4n3)c[nH]c12.CC.CNC(=O)c1cccc2nc(-c3c[nH]c4c(F)cc(F)cc34)ccc12.Fc1ccc2ccc(-c3c[nH]c4c(Cl)cccc34)nc2c1.Fc1cccc2ccc(-c3c[nH]c4ccccc34)nc12. The Morgan fingerprint density at radius 1 is 0.432 bits per heavy atom. The van der Waals surface area contributed by atoms with E-state index in [1.807, 2.05) is 136 Å². The molecule has 10 nitrogen and oxygen atoms in total. The molecule has 0 atom stereocenters. The van der Waals surface area contributed by atoms with Gasteiger partial charge >= 0.3 is 0 Å². The van der Waals surface area contributed by atoms with E-state index in [-0.39, 0.29) is 23.1 Å². The molecule has 0 aliphatic carbocycles. The minimum absolute atomic E-state index is 0.198. The molecule has 16 aromatic rings. The van der Waals surface area contributed by atoms with E-state index in [4.69, 9.17) is 16.6 Å². The molecule has 5 N–H and O–H groups in total. The molecule has 16 heteroatoms. The maximum atomic E-state index is 13.9. The van der Waals surface area contributed by atoms with Gasteiger partial charge < -0.3 is 25.3 Å². The number of nitrogens with zero attached hydrogens (tertiary/aromatic N) is 4. The van der Waals surface area contributed by atoms with Crippen molar-refractivity contribution in [2.75, 3.05) is 7.05 Å². The van der Waals surface area contributed by atoms with Gasteiger partial charge in [-0.2, -0.15) is 0 Å². The molecular weight excluding hydrogens is 1200 g/mol. The average Bonchev–Trinajstić information content (AvgIpc) is 3.87. The number of hydrogen-bond acceptors (Lipinski definition) is 5. The normalized spacial score (nSPS) is 11.1. The van der Waals surface area contributed by atoms with E-state index in [9.17, 15) is 22.4 Å². The third kappa shape index (κ3) is 11.6. The molecule has 0 aliphatic rings. The Kier molecular flexibility index (Phi) is 16.6. The van der Waals surface area contributed by atoms with Crippen molar-refractivity contribution in [3.63, 3.8) is 0 Å². The number of fused-ring (bicyclic) bond motifs is 8. The summed E-state index contributed by atoms with van der Waals surface area (Å²) in [7, 11) is 1.57. The van der Waals surface area contributed by atoms with Gasteiger partial charge in [0.2, 0.25) is 0 Å². The van der Waals surface area contributed by atoms with Crippen LogP contribution in [0.5, 0.6) is 0 Å². The van der Waals surface area contributed by atoms with Crippen molar-refractivity contribution in [1.29, 1.82) is 0 Å². The fourth-order valence-electron chi connectivity index (χ4n) is 10.7. The molecular formula is C72H51BrClF4N9O. The van der Waals surface area contributed by atoms with Gasteiger partial charge in [-0.3, -0.25) is 4.79 Å². The monoisotopic (exact) mass is 1250 g/mol. The third-order valence-corrected chi connectivity index (χ3v) is 15.8. The predicted molar refractivity (Wildman–Crippen MR) is 353 cm³/mol. The van der Waals surface area contributed by atoms with Crippen LogP contribution in [-0.2, 0) is 0 Å². The van der Waals surface area contributed by atoms with Gasteiger partial charge in [0.1, 0.15) is 28.8 Å². The van der Waals surface area contributed by atoms with Crippen molar-refractivity contribution in [2.45, 2.75) is 13.8 Å². The molecule has 0 unspecified atom stereocenters. The van der Waals surface area contributed by atoms with E-state index in [1.165, 1.54) is 29.7 Å². The Morgan fingerprint density at radius 2 is 0.966 bits per heavy atom. The van der Waals surface area contributed by atoms with Gasteiger partial charge in [0.25, 0.3) is 5.91 Å². The topological polar surface area (TPSA) is 144 Å². The Bertz CT molecular complexity index is 5270. The number of aromatic nitrogens is 8. The molecule has 0 spiro atoms. The van der Waals surface area contributed by atoms with E-state index >= 15 is 0 Å². The fraction of sp³-hybridized carbons (Fsp3) is 0.0417. The quantitative estimate of drug-likeness (QED) is 0.109. The number of carbonyl (C=O) groups excluding carboxylic acids is 1. The van der Waals surface area contributed by atoms with E-state index < -0.39 is 11.6 Å². The first-order valence-corrected chi connectivity index (χ1v) is 29.3. The maximum Gasteiger partial charge on any atom is 0.251 e. The number of carbonyl (C=O) groups is 1. The highest BCUT2D eigenvalue weighted by Crippen LogP contribution is 2.36. The van der Waals surface area contributed by atoms with Crippen molar-refractivity contribution in [1.82, 2.24) is 45.2 Å². The molecule has 0 aliphatic heterocycles. The Hall–Kier alpha value is -10.5. The van der Waals surface area contributed by atoms with Gasteiger partial charge in [-0.25, -0.2) is 37.5 Å². The second kappa shape index (κ2) is 25.2. The number of H-pyrrole nitrogens is 4. The van der Waals surface area contributed by atoms with Crippen molar-refractivity contribution < 1.29 is 22.4 Å². The Balaban J connectivity index is 0.000000114. The minimum atomic E-state index is -0.649. The zero-order valence-electron chi connectivity index (χ0n) is 47.3. The van der Waals surface area contributed by atoms with Crippen LogP contribution in [0.4, 0.5) is 17.6 Å². The predicted octanol–water partition coefficient (Wildman–Crippen LogP) is 19.9. The summed E-state index contributed by atoms with van der Waals surface area (Å²) in [5.74, 6) is -2.06. The highest BCUT2D eigenvalue weighted by molar-refractivity contribution is 9.10. The fourth-order valence-corrected chi connectivity index (χ4v) is 11.4. The lowest BCUT2D eigenvalue weighted by atomic mass is 10.0. The molecule has 16 rings (SSSR count). The molecule has 88 heavy (non-hydrogen) atoms. The van der Waals surface area contributed by atoms with Crippen LogP contribution in [-0.4, -0.2) is 52.8 Å². The zero-order chi connectivity index (χ0) is 61.0. The van der Waals surface area contributed by atoms with E-state index in [1.54, 1.807) is 55.7 Å². The number of rotatable bonds is 5. The molecule has 0 saturated heterocycles. The summed E-state index contributed by atoms with van der Waals surface area (Å²) in [5.41, 5.74) is 13.3. The minimum Gasteiger partial charge on any atom is -0.360 e. The average molecular weight is 1250 g/mol. The molecule has 1 amide bonds. The lowest BCUT2D eigenvalue weighted by Crippen LogP contribution is -2.18. The smallest absolute Gasteiger partial charge is 0.251 e. The molecule has 0 saturated carbocycles. The van der Waals surface area contributed by atoms with E-state index in [0.29, 0.717) is 49.2 Å². The van der Waals surface area contributed by atoms with Crippen LogP contribution in [0.15, 0.2) is 229 Å². The van der Waals surface area contributed by atoms with Crippen LogP contribution in [0.25, 0.3) is 132 Å². The summed E-state index contributed by atoms with van der Waals surface area (Å²) in [5, 5.41) is 10.6. The number of amides is 1. The van der Waals surface area contributed by atoms with E-state index in [2.05, 4.69) is 80.4 Å². The van der Waals surface area contributed by atoms with Crippen LogP contribution in [0, 0.1) is 23.3 Å². The van der Waals surface area contributed by atoms with Crippen LogP contribution in [0.2, 0.25) is 5.02 Å². The van der Waals surface area contributed by atoms with Crippen LogP contribution >= 0.6 is 27.5 Å². The first kappa shape index (κ1) is 57.9. The van der Waals surface area contributed by atoms with Gasteiger partial charge in [0.05, 0.1) is 60.9 Å². The summed E-state index contributed by atoms with van der Waals surface area (Å²) in [6.07, 6.45) is 7.42. The van der Waals surface area contributed by atoms with Crippen molar-refractivity contribution in [3.8, 4) is 45.0 Å². The Morgan fingerprint density at radius 3 is 1.74 bits per heavy atom. The molecule has 0 fully saturated rings. The summed E-state index contributed by atoms with van der Waals surface area (Å²) in [6, 6.07) is 60.6. The zero-order valence-corrected chi connectivity index (χ0v) is 49.7. The number of halogens is 6. The first-order valence-electron chi connectivity index (χ1n) is 28.1. The molecule has 8 heterocycles. The standard InChI is InChI=1S/C19H13F2N3O.C17H11BrN2.C17H10ClFN2.C17H11FN2.C2H6/c1-22-19(25)12-3-2-4-16-11(12)5-6-17(24-16)14-9-23-18-13(14)7-10(20)8-15(18)21;18-14-6-3-5-12-13(10-19-17(12)14)16-9-8-11-4-1-2-7-15(11)20-16;18-14-3-1-2-12-13(9-20-17(12)14)15-7-5-10-4-6-11(19)8-16(10)21-15;18-14-6-3-4-11-8-9-16(20-17(11)14)13-10-19-15-7-2-1-5-12(13)15;1-2/h2-9,23H,1H3,(H,22,25);1-10,19H;1-9,20H;1-10,19H;1-2H3. The van der Waals surface area contributed by atoms with Crippen molar-refractivity contribution >= 4 is 121 Å². The summed E-state index contributed by atoms with van der Waals surface area (Å²) < 4.78 is 55.7. The lowest BCUT2D eigenvalue weighted by molar-refractivity contribution is 0.0964. The summed E-state index contributed by atoms with van der Waals surface area (Å²) in [6.45, 7) is 4.00. The van der Waals surface area contributed by atoms with Gasteiger partial charge in [-0.1, -0.05) is 123 Å². The van der Waals surface area contributed by atoms with Gasteiger partial charge in [0, 0.05) is 125 Å². The number of pyridine rings is 4. The van der Waals surface area contributed by atoms with E-state index in [0.717, 1.165) is 93.3 Å². The second-order valence-corrected chi connectivity index (χ2v) is 21.3.